The van der Waals surface area contributed by atoms with Crippen molar-refractivity contribution in [3.63, 3.8) is 0 Å². The lowest BCUT2D eigenvalue weighted by atomic mass is 9.88. The van der Waals surface area contributed by atoms with Gasteiger partial charge in [0.2, 0.25) is 5.78 Å². The van der Waals surface area contributed by atoms with E-state index in [1.807, 2.05) is 13.0 Å². The topological polar surface area (TPSA) is 105 Å². The Morgan fingerprint density at radius 3 is 2.69 bits per heavy atom. The highest BCUT2D eigenvalue weighted by Gasteiger charge is 2.35. The minimum Gasteiger partial charge on any atom is -0.388 e. The molecule has 2 heterocycles. The zero-order valence-corrected chi connectivity index (χ0v) is 22.4. The second-order valence-corrected chi connectivity index (χ2v) is 10.8. The van der Waals surface area contributed by atoms with Gasteiger partial charge in [-0.3, -0.25) is 9.36 Å². The molecular formula is C30H32FN5O3. The van der Waals surface area contributed by atoms with Gasteiger partial charge in [0.25, 0.3) is 5.56 Å². The van der Waals surface area contributed by atoms with Crippen molar-refractivity contribution in [1.29, 1.82) is 5.26 Å². The van der Waals surface area contributed by atoms with E-state index >= 15 is 4.39 Å². The van der Waals surface area contributed by atoms with Gasteiger partial charge in [0.05, 0.1) is 35.6 Å². The largest absolute Gasteiger partial charge is 0.388 e. The molecule has 0 unspecified atom stereocenters. The standard InChI is InChI=1S/C30H32FN5O3/c1-4-7-27-25(12-20-11-10-19(13-26(20)31)24-9-6-5-8-21(24)16-32)28(37)35(29-33-18-34-36(27)29)22-14-23(15-22)39-17-30(2,3)38/h5-6,8-11,13,18,22-23,38H,4,7,12,14-15,17H2,1-3H3. The van der Waals surface area contributed by atoms with Crippen molar-refractivity contribution in [2.45, 2.75) is 70.6 Å². The quantitative estimate of drug-likeness (QED) is 0.340. The Morgan fingerprint density at radius 1 is 1.23 bits per heavy atom. The van der Waals surface area contributed by atoms with E-state index in [9.17, 15) is 15.2 Å². The van der Waals surface area contributed by atoms with Crippen LogP contribution >= 0.6 is 0 Å². The number of nitriles is 1. The number of aliphatic hydroxyl groups is 1. The molecule has 1 N–H and O–H groups in total. The third-order valence-electron chi connectivity index (χ3n) is 7.20. The molecule has 4 aromatic rings. The van der Waals surface area contributed by atoms with Gasteiger partial charge in [-0.2, -0.15) is 15.3 Å². The Balaban J connectivity index is 1.50. The number of aromatic nitrogens is 4. The molecule has 202 valence electrons. The van der Waals surface area contributed by atoms with E-state index in [1.54, 1.807) is 53.3 Å². The molecule has 8 nitrogen and oxygen atoms in total. The first-order valence-electron chi connectivity index (χ1n) is 13.3. The molecule has 1 aliphatic rings. The van der Waals surface area contributed by atoms with E-state index < -0.39 is 11.4 Å². The van der Waals surface area contributed by atoms with Crippen LogP contribution in [0.1, 0.15) is 68.5 Å². The number of hydrogen-bond donors (Lipinski definition) is 1. The predicted octanol–water partition coefficient (Wildman–Crippen LogP) is 4.60. The summed E-state index contributed by atoms with van der Waals surface area (Å²) in [5.41, 5.74) is 2.26. The molecule has 5 rings (SSSR count). The fourth-order valence-electron chi connectivity index (χ4n) is 5.17. The smallest absolute Gasteiger partial charge is 0.259 e. The van der Waals surface area contributed by atoms with Crippen LogP contribution in [-0.2, 0) is 17.6 Å². The van der Waals surface area contributed by atoms with E-state index in [0.29, 0.717) is 52.9 Å². The predicted molar refractivity (Wildman–Crippen MR) is 145 cm³/mol. The summed E-state index contributed by atoms with van der Waals surface area (Å²) < 4.78 is 24.7. The van der Waals surface area contributed by atoms with Crippen molar-refractivity contribution in [3.05, 3.63) is 87.3 Å². The maximum absolute atomic E-state index is 15.5. The lowest BCUT2D eigenvalue weighted by Gasteiger charge is -2.37. The summed E-state index contributed by atoms with van der Waals surface area (Å²) in [7, 11) is 0. The summed E-state index contributed by atoms with van der Waals surface area (Å²) in [5.74, 6) is 0.0399. The number of fused-ring (bicyclic) bond motifs is 1. The molecule has 1 fully saturated rings. The number of nitrogens with zero attached hydrogens (tertiary/aromatic N) is 5. The van der Waals surface area contributed by atoms with Gasteiger partial charge in [-0.25, -0.2) is 8.91 Å². The molecule has 1 saturated carbocycles. The Bertz CT molecular complexity index is 1610. The SMILES string of the molecule is CCCc1c(Cc2ccc(-c3ccccc3C#N)cc2F)c(=O)n(C2CC(OCC(C)(C)O)C2)c2ncnn12. The van der Waals surface area contributed by atoms with E-state index in [1.165, 1.54) is 12.4 Å². The van der Waals surface area contributed by atoms with Crippen molar-refractivity contribution in [3.8, 4) is 17.2 Å². The van der Waals surface area contributed by atoms with Crippen LogP contribution in [0.5, 0.6) is 0 Å². The van der Waals surface area contributed by atoms with Gasteiger partial charge in [0, 0.05) is 18.0 Å². The van der Waals surface area contributed by atoms with Gasteiger partial charge < -0.3 is 9.84 Å². The zero-order chi connectivity index (χ0) is 27.7. The fourth-order valence-corrected chi connectivity index (χ4v) is 5.17. The van der Waals surface area contributed by atoms with Crippen molar-refractivity contribution in [2.24, 2.45) is 0 Å². The maximum Gasteiger partial charge on any atom is 0.259 e. The fraction of sp³-hybridized carbons (Fsp3) is 0.400. The van der Waals surface area contributed by atoms with Crippen molar-refractivity contribution in [2.75, 3.05) is 6.61 Å². The van der Waals surface area contributed by atoms with Crippen LogP contribution in [0.2, 0.25) is 0 Å². The summed E-state index contributed by atoms with van der Waals surface area (Å²) >= 11 is 0. The van der Waals surface area contributed by atoms with Gasteiger partial charge in [-0.15, -0.1) is 0 Å². The first-order chi connectivity index (χ1) is 18.7. The van der Waals surface area contributed by atoms with E-state index in [-0.39, 0.29) is 30.7 Å². The Morgan fingerprint density at radius 2 is 2.00 bits per heavy atom. The molecule has 9 heteroatoms. The Kier molecular flexibility index (Phi) is 7.34. The second-order valence-electron chi connectivity index (χ2n) is 10.8. The van der Waals surface area contributed by atoms with Crippen LogP contribution in [0.4, 0.5) is 4.39 Å². The van der Waals surface area contributed by atoms with Crippen LogP contribution in [0, 0.1) is 17.1 Å². The maximum atomic E-state index is 15.5. The number of ether oxygens (including phenoxy) is 1. The molecule has 39 heavy (non-hydrogen) atoms. The molecular weight excluding hydrogens is 497 g/mol. The highest BCUT2D eigenvalue weighted by Crippen LogP contribution is 2.35. The van der Waals surface area contributed by atoms with Gasteiger partial charge in [-0.05, 0) is 61.9 Å². The lowest BCUT2D eigenvalue weighted by molar-refractivity contribution is -0.0894. The highest BCUT2D eigenvalue weighted by molar-refractivity contribution is 5.70. The summed E-state index contributed by atoms with van der Waals surface area (Å²) in [6.45, 7) is 5.63. The average molecular weight is 530 g/mol. The van der Waals surface area contributed by atoms with E-state index in [4.69, 9.17) is 4.74 Å². The van der Waals surface area contributed by atoms with Crippen LogP contribution in [0.3, 0.4) is 0 Å². The molecule has 2 aromatic carbocycles. The molecule has 2 aromatic heterocycles. The monoisotopic (exact) mass is 529 g/mol. The second kappa shape index (κ2) is 10.7. The number of hydrogen-bond acceptors (Lipinski definition) is 6. The minimum atomic E-state index is -0.923. The third kappa shape index (κ3) is 5.35. The molecule has 0 aliphatic heterocycles. The summed E-state index contributed by atoms with van der Waals surface area (Å²) in [4.78, 5) is 18.4. The number of aryl methyl sites for hydroxylation is 1. The molecule has 0 saturated heterocycles. The molecule has 0 radical (unpaired) electrons. The minimum absolute atomic E-state index is 0.0589. The average Bonchev–Trinajstić information content (AvgIpc) is 3.36. The van der Waals surface area contributed by atoms with E-state index in [2.05, 4.69) is 16.2 Å². The summed E-state index contributed by atoms with van der Waals surface area (Å²) in [6.07, 6.45) is 4.12. The number of benzene rings is 2. The summed E-state index contributed by atoms with van der Waals surface area (Å²) in [6, 6.07) is 14.0. The van der Waals surface area contributed by atoms with Gasteiger partial charge in [-0.1, -0.05) is 43.7 Å². The molecule has 0 spiro atoms. The third-order valence-corrected chi connectivity index (χ3v) is 7.20. The normalized spacial score (nSPS) is 17.2. The highest BCUT2D eigenvalue weighted by atomic mass is 19.1. The van der Waals surface area contributed by atoms with Gasteiger partial charge in [0.15, 0.2) is 0 Å². The van der Waals surface area contributed by atoms with Crippen molar-refractivity contribution < 1.29 is 14.2 Å². The lowest BCUT2D eigenvalue weighted by Crippen LogP contribution is -2.42. The molecule has 0 bridgehead atoms. The van der Waals surface area contributed by atoms with Crippen molar-refractivity contribution in [1.82, 2.24) is 19.2 Å². The van der Waals surface area contributed by atoms with Crippen LogP contribution in [-0.4, -0.2) is 42.6 Å². The van der Waals surface area contributed by atoms with Gasteiger partial charge >= 0.3 is 0 Å². The van der Waals surface area contributed by atoms with Crippen LogP contribution in [0.15, 0.2) is 53.6 Å². The van der Waals surface area contributed by atoms with Gasteiger partial charge in [0.1, 0.15) is 12.1 Å². The van der Waals surface area contributed by atoms with Crippen molar-refractivity contribution >= 4 is 5.78 Å². The zero-order valence-electron chi connectivity index (χ0n) is 22.4. The van der Waals surface area contributed by atoms with Crippen LogP contribution in [0.25, 0.3) is 16.9 Å². The summed E-state index contributed by atoms with van der Waals surface area (Å²) in [5, 5.41) is 23.8. The van der Waals surface area contributed by atoms with Crippen LogP contribution < -0.4 is 5.56 Å². The number of halogens is 1. The Labute approximate surface area is 226 Å². The molecule has 0 atom stereocenters. The molecule has 1 aliphatic carbocycles. The molecule has 0 amide bonds. The first-order valence-corrected chi connectivity index (χ1v) is 13.3. The first kappa shape index (κ1) is 26.7. The van der Waals surface area contributed by atoms with E-state index in [0.717, 1.165) is 12.1 Å². The Hall–Kier alpha value is -3.87. The number of rotatable bonds is 9.